The van der Waals surface area contributed by atoms with E-state index in [0.717, 1.165) is 23.8 Å². The zero-order valence-electron chi connectivity index (χ0n) is 11.7. The van der Waals surface area contributed by atoms with Gasteiger partial charge in [-0.15, -0.1) is 0 Å². The molecule has 0 radical (unpaired) electrons. The van der Waals surface area contributed by atoms with E-state index in [4.69, 9.17) is 4.42 Å². The van der Waals surface area contributed by atoms with Crippen LogP contribution in [0.4, 0.5) is 0 Å². The van der Waals surface area contributed by atoms with Crippen molar-refractivity contribution in [2.45, 2.75) is 46.6 Å². The van der Waals surface area contributed by atoms with E-state index in [1.807, 2.05) is 32.9 Å². The molecule has 18 heavy (non-hydrogen) atoms. The molecule has 0 saturated carbocycles. The van der Waals surface area contributed by atoms with E-state index in [0.29, 0.717) is 5.76 Å². The van der Waals surface area contributed by atoms with E-state index in [1.54, 1.807) is 0 Å². The van der Waals surface area contributed by atoms with Crippen LogP contribution in [0.25, 0.3) is 11.0 Å². The fourth-order valence-electron chi connectivity index (χ4n) is 2.12. The maximum absolute atomic E-state index is 10.2. The molecule has 1 N–H and O–H groups in total. The van der Waals surface area contributed by atoms with Crippen molar-refractivity contribution in [2.75, 3.05) is 0 Å². The van der Waals surface area contributed by atoms with Gasteiger partial charge in [0.1, 0.15) is 17.4 Å². The highest BCUT2D eigenvalue weighted by Crippen LogP contribution is 2.35. The molecular formula is C16H22O2. The fourth-order valence-corrected chi connectivity index (χ4v) is 2.12. The number of hydrogen-bond acceptors (Lipinski definition) is 2. The molecule has 2 rings (SSSR count). The highest BCUT2D eigenvalue weighted by Gasteiger charge is 2.26. The monoisotopic (exact) mass is 246 g/mol. The van der Waals surface area contributed by atoms with Crippen LogP contribution < -0.4 is 0 Å². The third-order valence-corrected chi connectivity index (χ3v) is 3.23. The van der Waals surface area contributed by atoms with Gasteiger partial charge in [0.25, 0.3) is 0 Å². The molecule has 1 atom stereocenters. The molecule has 0 saturated heterocycles. The van der Waals surface area contributed by atoms with E-state index in [-0.39, 0.29) is 5.41 Å². The van der Waals surface area contributed by atoms with Gasteiger partial charge in [-0.2, -0.15) is 0 Å². The van der Waals surface area contributed by atoms with Gasteiger partial charge in [0.15, 0.2) is 0 Å². The molecule has 1 heterocycles. The van der Waals surface area contributed by atoms with Crippen molar-refractivity contribution in [3.63, 3.8) is 0 Å². The summed E-state index contributed by atoms with van der Waals surface area (Å²) in [6, 6.07) is 8.22. The second-order valence-electron chi connectivity index (χ2n) is 6.04. The van der Waals surface area contributed by atoms with Gasteiger partial charge in [0.2, 0.25) is 0 Å². The minimum absolute atomic E-state index is 0.208. The van der Waals surface area contributed by atoms with Crippen LogP contribution in [-0.4, -0.2) is 5.11 Å². The van der Waals surface area contributed by atoms with Gasteiger partial charge in [0, 0.05) is 5.39 Å². The minimum Gasteiger partial charge on any atom is -0.458 e. The second-order valence-corrected chi connectivity index (χ2v) is 6.04. The summed E-state index contributed by atoms with van der Waals surface area (Å²) in [6.45, 7) is 8.20. The summed E-state index contributed by atoms with van der Waals surface area (Å²) in [5.41, 5.74) is 1.97. The molecular weight excluding hydrogens is 224 g/mol. The summed E-state index contributed by atoms with van der Waals surface area (Å²) in [6.07, 6.45) is 1.65. The molecule has 1 unspecified atom stereocenters. The largest absolute Gasteiger partial charge is 0.458 e. The van der Waals surface area contributed by atoms with Crippen LogP contribution in [0.1, 0.15) is 51.5 Å². The molecule has 2 heteroatoms. The number of hydrogen-bond donors (Lipinski definition) is 1. The Hall–Kier alpha value is -1.28. The lowest BCUT2D eigenvalue weighted by molar-refractivity contribution is 0.0448. The lowest BCUT2D eigenvalue weighted by Gasteiger charge is -2.23. The average Bonchev–Trinajstić information content (AvgIpc) is 2.70. The Morgan fingerprint density at radius 1 is 1.22 bits per heavy atom. The van der Waals surface area contributed by atoms with Gasteiger partial charge in [-0.1, -0.05) is 40.2 Å². The van der Waals surface area contributed by atoms with Crippen molar-refractivity contribution in [2.24, 2.45) is 5.41 Å². The van der Waals surface area contributed by atoms with Crippen molar-refractivity contribution in [3.8, 4) is 0 Å². The van der Waals surface area contributed by atoms with E-state index in [1.165, 1.54) is 5.56 Å². The number of fused-ring (bicyclic) bond motifs is 1. The molecule has 1 aromatic heterocycles. The molecule has 0 aliphatic heterocycles. The molecule has 0 bridgehead atoms. The van der Waals surface area contributed by atoms with Gasteiger partial charge >= 0.3 is 0 Å². The summed E-state index contributed by atoms with van der Waals surface area (Å²) in [5.74, 6) is 0.658. The zero-order chi connectivity index (χ0) is 13.3. The van der Waals surface area contributed by atoms with Crippen LogP contribution in [0.5, 0.6) is 0 Å². The number of benzene rings is 1. The summed E-state index contributed by atoms with van der Waals surface area (Å²) >= 11 is 0. The Labute approximate surface area is 109 Å². The molecule has 0 amide bonds. The Bertz CT molecular complexity index is 532. The number of rotatable bonds is 3. The quantitative estimate of drug-likeness (QED) is 0.867. The fraction of sp³-hybridized carbons (Fsp3) is 0.500. The molecule has 2 nitrogen and oxygen atoms in total. The maximum Gasteiger partial charge on any atom is 0.134 e. The first-order valence-electron chi connectivity index (χ1n) is 6.62. The van der Waals surface area contributed by atoms with Crippen molar-refractivity contribution < 1.29 is 9.52 Å². The van der Waals surface area contributed by atoms with Crippen LogP contribution in [0.3, 0.4) is 0 Å². The lowest BCUT2D eigenvalue weighted by atomic mass is 9.88. The van der Waals surface area contributed by atoms with Crippen LogP contribution >= 0.6 is 0 Å². The number of aryl methyl sites for hydroxylation is 1. The van der Waals surface area contributed by atoms with E-state index in [9.17, 15) is 5.11 Å². The van der Waals surface area contributed by atoms with Gasteiger partial charge < -0.3 is 9.52 Å². The van der Waals surface area contributed by atoms with Crippen LogP contribution in [0.2, 0.25) is 0 Å². The molecule has 98 valence electrons. The predicted molar refractivity (Wildman–Crippen MR) is 74.6 cm³/mol. The summed E-state index contributed by atoms with van der Waals surface area (Å²) in [4.78, 5) is 0. The number of aliphatic hydroxyl groups is 1. The Morgan fingerprint density at radius 2 is 1.94 bits per heavy atom. The van der Waals surface area contributed by atoms with E-state index in [2.05, 4.69) is 19.1 Å². The third-order valence-electron chi connectivity index (χ3n) is 3.23. The average molecular weight is 246 g/mol. The Morgan fingerprint density at radius 3 is 2.56 bits per heavy atom. The van der Waals surface area contributed by atoms with Crippen LogP contribution in [0, 0.1) is 5.41 Å². The molecule has 2 aromatic rings. The number of aliphatic hydroxyl groups excluding tert-OH is 1. The van der Waals surface area contributed by atoms with Crippen molar-refractivity contribution in [1.82, 2.24) is 0 Å². The Balaban J connectivity index is 2.38. The summed E-state index contributed by atoms with van der Waals surface area (Å²) < 4.78 is 5.74. The minimum atomic E-state index is -0.570. The molecule has 0 aliphatic carbocycles. The normalized spacial score (nSPS) is 14.1. The lowest BCUT2D eigenvalue weighted by Crippen LogP contribution is -2.16. The molecule has 0 fully saturated rings. The standard InChI is InChI=1S/C16H22O2/c1-5-6-11-7-8-13-12(9-11)10-14(18-13)15(17)16(2,3)4/h7-10,15,17H,5-6H2,1-4H3. The number of furan rings is 1. The highest BCUT2D eigenvalue weighted by atomic mass is 16.4. The van der Waals surface area contributed by atoms with Gasteiger partial charge in [-0.3, -0.25) is 0 Å². The van der Waals surface area contributed by atoms with Gasteiger partial charge in [-0.25, -0.2) is 0 Å². The smallest absolute Gasteiger partial charge is 0.134 e. The van der Waals surface area contributed by atoms with E-state index < -0.39 is 6.10 Å². The van der Waals surface area contributed by atoms with E-state index >= 15 is 0 Å². The van der Waals surface area contributed by atoms with Gasteiger partial charge in [0.05, 0.1) is 0 Å². The molecule has 1 aromatic carbocycles. The first-order chi connectivity index (χ1) is 8.41. The first-order valence-corrected chi connectivity index (χ1v) is 6.62. The van der Waals surface area contributed by atoms with Crippen LogP contribution in [0.15, 0.2) is 28.7 Å². The van der Waals surface area contributed by atoms with Crippen molar-refractivity contribution in [1.29, 1.82) is 0 Å². The second kappa shape index (κ2) is 4.77. The van der Waals surface area contributed by atoms with Crippen molar-refractivity contribution >= 4 is 11.0 Å². The maximum atomic E-state index is 10.2. The third kappa shape index (κ3) is 2.59. The SMILES string of the molecule is CCCc1ccc2oc(C(O)C(C)(C)C)cc2c1. The molecule has 0 spiro atoms. The summed E-state index contributed by atoms with van der Waals surface area (Å²) in [5, 5.41) is 11.3. The van der Waals surface area contributed by atoms with Crippen molar-refractivity contribution in [3.05, 3.63) is 35.6 Å². The highest BCUT2D eigenvalue weighted by molar-refractivity contribution is 5.78. The topological polar surface area (TPSA) is 33.4 Å². The van der Waals surface area contributed by atoms with Gasteiger partial charge in [-0.05, 0) is 35.6 Å². The molecule has 0 aliphatic rings. The van der Waals surface area contributed by atoms with Crippen LogP contribution in [-0.2, 0) is 6.42 Å². The zero-order valence-corrected chi connectivity index (χ0v) is 11.7. The first kappa shape index (κ1) is 13.2. The predicted octanol–water partition coefficient (Wildman–Crippen LogP) is 4.46. The Kier molecular flexibility index (Phi) is 3.49. The summed E-state index contributed by atoms with van der Waals surface area (Å²) in [7, 11) is 0.